The van der Waals surface area contributed by atoms with E-state index in [1.165, 1.54) is 44.2 Å². The maximum atomic E-state index is 12.6. The first kappa shape index (κ1) is 19.4. The Hall–Kier alpha value is -0.920. The van der Waals surface area contributed by atoms with E-state index in [1.54, 1.807) is 12.1 Å². The van der Waals surface area contributed by atoms with E-state index in [9.17, 15) is 13.2 Å². The molecule has 4 aliphatic carbocycles. The molecule has 0 aromatic heterocycles. The van der Waals surface area contributed by atoms with Crippen LogP contribution in [-0.2, 0) is 21.2 Å². The lowest BCUT2D eigenvalue weighted by Crippen LogP contribution is -2.54. The molecule has 5 nitrogen and oxygen atoms in total. The summed E-state index contributed by atoms with van der Waals surface area (Å²) >= 11 is 4.00. The van der Waals surface area contributed by atoms with Gasteiger partial charge in [-0.1, -0.05) is 28.1 Å². The fraction of sp³-hybridized carbons (Fsp3) is 0.650. The molecule has 4 saturated carbocycles. The molecule has 1 amide bonds. The SMILES string of the molecule is NS(=O)(=O)c1ccc(CCNC(=O)CC23CC4CC(CC(Br)(C4)C2)C3)cc1. The van der Waals surface area contributed by atoms with Crippen molar-refractivity contribution in [3.8, 4) is 0 Å². The van der Waals surface area contributed by atoms with Gasteiger partial charge in [0, 0.05) is 17.3 Å². The lowest BCUT2D eigenvalue weighted by atomic mass is 9.48. The van der Waals surface area contributed by atoms with Gasteiger partial charge in [-0.25, -0.2) is 13.6 Å². The molecule has 7 heteroatoms. The number of amides is 1. The predicted octanol–water partition coefficient (Wildman–Crippen LogP) is 3.12. The van der Waals surface area contributed by atoms with E-state index in [0.29, 0.717) is 19.4 Å². The molecule has 0 radical (unpaired) electrons. The Bertz CT molecular complexity index is 823. The summed E-state index contributed by atoms with van der Waals surface area (Å²) in [5.74, 6) is 1.72. The highest BCUT2D eigenvalue weighted by molar-refractivity contribution is 9.10. The Balaban J connectivity index is 1.29. The number of nitrogens with one attached hydrogen (secondary N) is 1. The number of benzene rings is 1. The number of rotatable bonds is 6. The van der Waals surface area contributed by atoms with Gasteiger partial charge in [0.15, 0.2) is 0 Å². The second kappa shape index (κ2) is 6.85. The first-order valence-corrected chi connectivity index (χ1v) is 12.1. The highest BCUT2D eigenvalue weighted by Gasteiger charge is 2.57. The van der Waals surface area contributed by atoms with Crippen LogP contribution in [0.1, 0.15) is 50.5 Å². The molecule has 148 valence electrons. The zero-order valence-electron chi connectivity index (χ0n) is 15.4. The largest absolute Gasteiger partial charge is 0.356 e. The van der Waals surface area contributed by atoms with Crippen LogP contribution in [0.15, 0.2) is 29.2 Å². The minimum atomic E-state index is -3.66. The van der Waals surface area contributed by atoms with Gasteiger partial charge in [-0.15, -0.1) is 0 Å². The third kappa shape index (κ3) is 4.25. The summed E-state index contributed by atoms with van der Waals surface area (Å²) in [6.45, 7) is 0.565. The van der Waals surface area contributed by atoms with E-state index in [-0.39, 0.29) is 20.5 Å². The summed E-state index contributed by atoms with van der Waals surface area (Å²) in [6.07, 6.45) is 8.77. The third-order valence-electron chi connectivity index (χ3n) is 6.63. The lowest BCUT2D eigenvalue weighted by molar-refractivity contribution is -0.128. The molecule has 1 aromatic rings. The van der Waals surface area contributed by atoms with Gasteiger partial charge in [-0.05, 0) is 79.9 Å². The number of nitrogens with two attached hydrogens (primary N) is 1. The number of carbonyl (C=O) groups is 1. The Kier molecular flexibility index (Phi) is 4.92. The Morgan fingerprint density at radius 3 is 2.33 bits per heavy atom. The van der Waals surface area contributed by atoms with Gasteiger partial charge in [0.25, 0.3) is 0 Å². The molecule has 27 heavy (non-hydrogen) atoms. The summed E-state index contributed by atoms with van der Waals surface area (Å²) in [4.78, 5) is 12.7. The Morgan fingerprint density at radius 1 is 1.15 bits per heavy atom. The molecule has 0 aliphatic heterocycles. The molecule has 0 spiro atoms. The zero-order chi connectivity index (χ0) is 19.3. The number of alkyl halides is 1. The van der Waals surface area contributed by atoms with Gasteiger partial charge < -0.3 is 5.32 Å². The van der Waals surface area contributed by atoms with Gasteiger partial charge in [0.2, 0.25) is 15.9 Å². The van der Waals surface area contributed by atoms with Gasteiger partial charge in [-0.2, -0.15) is 0 Å². The normalized spacial score (nSPS) is 34.6. The van der Waals surface area contributed by atoms with E-state index in [2.05, 4.69) is 21.2 Å². The van der Waals surface area contributed by atoms with E-state index >= 15 is 0 Å². The van der Waals surface area contributed by atoms with Gasteiger partial charge in [0.1, 0.15) is 0 Å². The lowest BCUT2D eigenvalue weighted by Gasteiger charge is -2.60. The van der Waals surface area contributed by atoms with Crippen molar-refractivity contribution in [2.24, 2.45) is 22.4 Å². The summed E-state index contributed by atoms with van der Waals surface area (Å²) in [5, 5.41) is 8.18. The molecular formula is C20H27BrN2O3S. The number of sulfonamides is 1. The molecule has 4 fully saturated rings. The number of carbonyl (C=O) groups excluding carboxylic acids is 1. The maximum Gasteiger partial charge on any atom is 0.238 e. The molecule has 1 aromatic carbocycles. The molecule has 3 N–H and O–H groups in total. The van der Waals surface area contributed by atoms with Gasteiger partial charge in [0.05, 0.1) is 4.90 Å². The minimum Gasteiger partial charge on any atom is -0.356 e. The van der Waals surface area contributed by atoms with Crippen molar-refractivity contribution in [3.05, 3.63) is 29.8 Å². The minimum absolute atomic E-state index is 0.112. The first-order chi connectivity index (χ1) is 12.6. The summed E-state index contributed by atoms with van der Waals surface area (Å²) < 4.78 is 22.9. The second-order valence-electron chi connectivity index (χ2n) is 9.08. The standard InChI is InChI=1S/C20H27BrN2O3S/c21-20-10-15-7-16(11-20)9-19(8-15,13-20)12-18(24)23-6-5-14-1-3-17(4-2-14)27(22,25)26/h1-4,15-16H,5-13H2,(H,23,24)(H2,22,25,26). The smallest absolute Gasteiger partial charge is 0.238 e. The number of hydrogen-bond donors (Lipinski definition) is 2. The van der Waals surface area contributed by atoms with Crippen LogP contribution in [0.4, 0.5) is 0 Å². The Labute approximate surface area is 169 Å². The van der Waals surface area contributed by atoms with Crippen LogP contribution < -0.4 is 10.5 Å². The van der Waals surface area contributed by atoms with Crippen LogP contribution >= 0.6 is 15.9 Å². The summed E-state index contributed by atoms with van der Waals surface area (Å²) in [6, 6.07) is 6.52. The number of halogens is 1. The summed E-state index contributed by atoms with van der Waals surface area (Å²) in [7, 11) is -3.66. The van der Waals surface area contributed by atoms with Crippen LogP contribution in [0, 0.1) is 17.3 Å². The molecule has 0 saturated heterocycles. The monoisotopic (exact) mass is 454 g/mol. The van der Waals surface area contributed by atoms with Crippen molar-refractivity contribution in [1.82, 2.24) is 5.32 Å². The van der Waals surface area contributed by atoms with Crippen LogP contribution in [0.3, 0.4) is 0 Å². The van der Waals surface area contributed by atoms with E-state index < -0.39 is 10.0 Å². The zero-order valence-corrected chi connectivity index (χ0v) is 17.8. The van der Waals surface area contributed by atoms with Crippen molar-refractivity contribution < 1.29 is 13.2 Å². The predicted molar refractivity (Wildman–Crippen MR) is 108 cm³/mol. The van der Waals surface area contributed by atoms with Crippen molar-refractivity contribution >= 4 is 31.9 Å². The molecule has 4 aliphatic rings. The summed E-state index contributed by atoms with van der Waals surface area (Å²) in [5.41, 5.74) is 1.17. The van der Waals surface area contributed by atoms with Crippen molar-refractivity contribution in [1.29, 1.82) is 0 Å². The number of hydrogen-bond acceptors (Lipinski definition) is 3. The van der Waals surface area contributed by atoms with Crippen molar-refractivity contribution in [2.45, 2.75) is 60.6 Å². The van der Waals surface area contributed by atoms with Gasteiger partial charge >= 0.3 is 0 Å². The quantitative estimate of drug-likeness (QED) is 0.646. The fourth-order valence-electron chi connectivity index (χ4n) is 6.14. The molecule has 2 unspecified atom stereocenters. The van der Waals surface area contributed by atoms with Crippen molar-refractivity contribution in [2.75, 3.05) is 6.54 Å². The fourth-order valence-corrected chi connectivity index (χ4v) is 8.16. The average Bonchev–Trinajstić information content (AvgIpc) is 2.51. The third-order valence-corrected chi connectivity index (χ3v) is 8.49. The van der Waals surface area contributed by atoms with Crippen LogP contribution in [0.2, 0.25) is 0 Å². The number of primary sulfonamides is 1. The molecule has 2 atom stereocenters. The van der Waals surface area contributed by atoms with Gasteiger partial charge in [-0.3, -0.25) is 4.79 Å². The molecule has 5 rings (SSSR count). The van der Waals surface area contributed by atoms with Crippen LogP contribution in [0.5, 0.6) is 0 Å². The van der Waals surface area contributed by atoms with E-state index in [0.717, 1.165) is 23.8 Å². The first-order valence-electron chi connectivity index (χ1n) is 9.72. The molecular weight excluding hydrogens is 428 g/mol. The van der Waals surface area contributed by atoms with Crippen LogP contribution in [-0.4, -0.2) is 25.2 Å². The molecule has 4 bridgehead atoms. The topological polar surface area (TPSA) is 89.3 Å². The average molecular weight is 455 g/mol. The van der Waals surface area contributed by atoms with E-state index in [4.69, 9.17) is 5.14 Å². The van der Waals surface area contributed by atoms with Crippen LogP contribution in [0.25, 0.3) is 0 Å². The van der Waals surface area contributed by atoms with Crippen molar-refractivity contribution in [3.63, 3.8) is 0 Å². The highest BCUT2D eigenvalue weighted by Crippen LogP contribution is 2.65. The highest BCUT2D eigenvalue weighted by atomic mass is 79.9. The maximum absolute atomic E-state index is 12.6. The Morgan fingerprint density at radius 2 is 1.78 bits per heavy atom. The second-order valence-corrected chi connectivity index (χ2v) is 12.3. The molecule has 0 heterocycles. The van der Waals surface area contributed by atoms with E-state index in [1.807, 2.05) is 0 Å².